The molecule has 0 heterocycles. The van der Waals surface area contributed by atoms with Gasteiger partial charge < -0.3 is 19.7 Å². The first kappa shape index (κ1) is 35.8. The highest BCUT2D eigenvalue weighted by Crippen LogP contribution is 2.47. The number of phenolic OH excluding ortho intramolecular Hbond substituents is 1. The van der Waals surface area contributed by atoms with Gasteiger partial charge in [-0.05, 0) is 98.0 Å². The summed E-state index contributed by atoms with van der Waals surface area (Å²) >= 11 is 0. The molecule has 0 aromatic heterocycles. The summed E-state index contributed by atoms with van der Waals surface area (Å²) in [4.78, 5) is 5.15. The molecule has 0 amide bonds. The molecular weight excluding hydrogens is 582 g/mol. The van der Waals surface area contributed by atoms with E-state index in [9.17, 15) is 10.2 Å². The maximum absolute atomic E-state index is 13.9. The third kappa shape index (κ3) is 8.64. The van der Waals surface area contributed by atoms with Crippen LogP contribution in [-0.4, -0.2) is 34.7 Å². The number of aromatic hydroxyl groups is 1. The first-order valence-electron chi connectivity index (χ1n) is 16.7. The summed E-state index contributed by atoms with van der Waals surface area (Å²) in [6.45, 7) is 21.0. The predicted octanol–water partition coefficient (Wildman–Crippen LogP) is 9.53. The summed E-state index contributed by atoms with van der Waals surface area (Å²) in [5.41, 5.74) is 2.80. The second-order valence-electron chi connectivity index (χ2n) is 15.1. The van der Waals surface area contributed by atoms with Gasteiger partial charge in [0.05, 0.1) is 18.2 Å². The van der Waals surface area contributed by atoms with Crippen LogP contribution in [0, 0.1) is 0 Å². The third-order valence-corrected chi connectivity index (χ3v) is 8.32. The zero-order chi connectivity index (χ0) is 34.6. The van der Waals surface area contributed by atoms with Gasteiger partial charge in [-0.3, -0.25) is 4.99 Å². The van der Waals surface area contributed by atoms with E-state index in [1.54, 1.807) is 18.3 Å². The number of hydrogen-bond donors (Lipinski definition) is 2. The van der Waals surface area contributed by atoms with Crippen LogP contribution in [0.4, 0.5) is 0 Å². The Kier molecular flexibility index (Phi) is 10.9. The molecule has 4 aromatic carbocycles. The average Bonchev–Trinajstić information content (AvgIpc) is 2.99. The molecule has 2 N–H and O–H groups in total. The number of benzene rings is 4. The zero-order valence-corrected chi connectivity index (χ0v) is 29.8. The molecule has 0 bridgehead atoms. The molecule has 0 aliphatic heterocycles. The van der Waals surface area contributed by atoms with E-state index < -0.39 is 11.6 Å². The number of phenols is 1. The van der Waals surface area contributed by atoms with Crippen LogP contribution in [0.2, 0.25) is 0 Å². The number of aliphatic hydroxyl groups is 1. The van der Waals surface area contributed by atoms with Gasteiger partial charge in [-0.15, -0.1) is 0 Å². The van der Waals surface area contributed by atoms with Crippen LogP contribution < -0.4 is 9.47 Å². The lowest BCUT2D eigenvalue weighted by atomic mass is 9.73. The highest BCUT2D eigenvalue weighted by Gasteiger charge is 2.46. The molecule has 5 heteroatoms. The first-order valence-corrected chi connectivity index (χ1v) is 16.7. The summed E-state index contributed by atoms with van der Waals surface area (Å²) < 4.78 is 13.0. The lowest BCUT2D eigenvalue weighted by Gasteiger charge is -2.39. The second kappa shape index (κ2) is 14.4. The Bertz CT molecular complexity index is 1590. The minimum absolute atomic E-state index is 0.121. The fourth-order valence-corrected chi connectivity index (χ4v) is 5.72. The smallest absolute Gasteiger partial charge is 0.144 e. The van der Waals surface area contributed by atoms with E-state index in [2.05, 4.69) is 77.9 Å². The molecule has 1 atom stereocenters. The largest absolute Gasteiger partial charge is 0.507 e. The molecule has 4 rings (SSSR count). The Morgan fingerprint density at radius 1 is 0.660 bits per heavy atom. The summed E-state index contributed by atoms with van der Waals surface area (Å²) in [5.74, 6) is 1.29. The summed E-state index contributed by atoms with van der Waals surface area (Å²) in [6.07, 6.45) is 1.80. The maximum atomic E-state index is 13.9. The highest BCUT2D eigenvalue weighted by molar-refractivity contribution is 5.83. The number of hydrogen-bond acceptors (Lipinski definition) is 5. The monoisotopic (exact) mass is 635 g/mol. The van der Waals surface area contributed by atoms with Crippen molar-refractivity contribution in [3.8, 4) is 17.2 Å². The van der Waals surface area contributed by atoms with Crippen LogP contribution in [0.15, 0.2) is 96.0 Å². The van der Waals surface area contributed by atoms with Gasteiger partial charge >= 0.3 is 0 Å². The van der Waals surface area contributed by atoms with Crippen molar-refractivity contribution in [2.24, 2.45) is 4.99 Å². The lowest BCUT2D eigenvalue weighted by molar-refractivity contribution is 0.0440. The number of aliphatic imine (C=N–C) groups is 1. The number of ether oxygens (including phenoxy) is 2. The van der Waals surface area contributed by atoms with Crippen molar-refractivity contribution < 1.29 is 19.7 Å². The molecule has 1 unspecified atom stereocenters. The normalized spacial score (nSPS) is 13.4. The van der Waals surface area contributed by atoms with E-state index in [-0.39, 0.29) is 28.8 Å². The highest BCUT2D eigenvalue weighted by atomic mass is 16.5. The number of para-hydroxylation sites is 1. The molecule has 0 aliphatic rings. The molecular formula is C42H53NO4. The molecule has 0 saturated carbocycles. The van der Waals surface area contributed by atoms with Crippen LogP contribution >= 0.6 is 0 Å². The maximum Gasteiger partial charge on any atom is 0.144 e. The van der Waals surface area contributed by atoms with E-state index in [1.807, 2.05) is 70.2 Å². The van der Waals surface area contributed by atoms with E-state index in [1.165, 1.54) is 0 Å². The lowest BCUT2D eigenvalue weighted by Crippen LogP contribution is -2.42. The van der Waals surface area contributed by atoms with Crippen molar-refractivity contribution >= 4 is 6.21 Å². The van der Waals surface area contributed by atoms with Gasteiger partial charge in [-0.25, -0.2) is 0 Å². The SMILES string of the molecule is CC(C)Oc1ccc(C(C)(C)C)cc1C(O)(c1cc(C(C)(C)C)ccc1OC(C)C)C(Cc1ccccc1)N=Cc1ccccc1O. The number of nitrogens with zero attached hydrogens (tertiary/aromatic N) is 1. The van der Waals surface area contributed by atoms with Gasteiger partial charge in [0, 0.05) is 22.9 Å². The number of rotatable bonds is 11. The Balaban J connectivity index is 2.17. The summed E-state index contributed by atoms with van der Waals surface area (Å²) in [7, 11) is 0. The van der Waals surface area contributed by atoms with Crippen LogP contribution in [0.1, 0.15) is 103 Å². The third-order valence-electron chi connectivity index (χ3n) is 8.32. The molecule has 250 valence electrons. The standard InChI is InChI=1S/C42H53NO4/c1-28(2)46-37-22-20-32(40(5,6)7)25-34(37)42(45,35-26-33(41(8,9)10)21-23-38(35)47-29(3)4)39(24-30-16-12-11-13-17-30)43-27-31-18-14-15-19-36(31)44/h11-23,25-29,39,44-45H,24H2,1-10H3. The minimum Gasteiger partial charge on any atom is -0.507 e. The van der Waals surface area contributed by atoms with Crippen LogP contribution in [0.3, 0.4) is 0 Å². The molecule has 0 aliphatic carbocycles. The zero-order valence-electron chi connectivity index (χ0n) is 29.8. The van der Waals surface area contributed by atoms with E-state index in [0.29, 0.717) is 34.6 Å². The van der Waals surface area contributed by atoms with Gasteiger partial charge in [0.25, 0.3) is 0 Å². The average molecular weight is 636 g/mol. The fraction of sp³-hybridized carbons (Fsp3) is 0.405. The second-order valence-corrected chi connectivity index (χ2v) is 15.1. The van der Waals surface area contributed by atoms with E-state index in [0.717, 1.165) is 16.7 Å². The fourth-order valence-electron chi connectivity index (χ4n) is 5.72. The Morgan fingerprint density at radius 2 is 1.13 bits per heavy atom. The van der Waals surface area contributed by atoms with Crippen LogP contribution in [0.25, 0.3) is 0 Å². The van der Waals surface area contributed by atoms with Crippen molar-refractivity contribution in [2.45, 2.75) is 110 Å². The Morgan fingerprint density at radius 3 is 1.57 bits per heavy atom. The van der Waals surface area contributed by atoms with Gasteiger partial charge in [-0.2, -0.15) is 0 Å². The van der Waals surface area contributed by atoms with Gasteiger partial charge in [0.2, 0.25) is 0 Å². The topological polar surface area (TPSA) is 71.3 Å². The first-order chi connectivity index (χ1) is 22.0. The van der Waals surface area contributed by atoms with Crippen molar-refractivity contribution in [3.63, 3.8) is 0 Å². The molecule has 0 spiro atoms. The van der Waals surface area contributed by atoms with Gasteiger partial charge in [0.1, 0.15) is 22.8 Å². The van der Waals surface area contributed by atoms with Crippen molar-refractivity contribution in [1.82, 2.24) is 0 Å². The molecule has 0 radical (unpaired) electrons. The summed E-state index contributed by atoms with van der Waals surface area (Å²) in [6, 6.07) is 28.7. The van der Waals surface area contributed by atoms with Gasteiger partial charge in [0.15, 0.2) is 0 Å². The minimum atomic E-state index is -1.73. The van der Waals surface area contributed by atoms with Crippen molar-refractivity contribution in [3.05, 3.63) is 124 Å². The Hall–Kier alpha value is -4.09. The molecule has 5 nitrogen and oxygen atoms in total. The molecule has 0 fully saturated rings. The predicted molar refractivity (Wildman–Crippen MR) is 194 cm³/mol. The molecule has 0 saturated heterocycles. The molecule has 4 aromatic rings. The van der Waals surface area contributed by atoms with E-state index >= 15 is 0 Å². The van der Waals surface area contributed by atoms with Crippen LogP contribution in [0.5, 0.6) is 17.2 Å². The molecule has 47 heavy (non-hydrogen) atoms. The van der Waals surface area contributed by atoms with Crippen molar-refractivity contribution in [1.29, 1.82) is 0 Å². The van der Waals surface area contributed by atoms with Crippen LogP contribution in [-0.2, 0) is 22.9 Å². The summed E-state index contributed by atoms with van der Waals surface area (Å²) in [5, 5.41) is 24.5. The van der Waals surface area contributed by atoms with Gasteiger partial charge in [-0.1, -0.05) is 96.1 Å². The van der Waals surface area contributed by atoms with E-state index in [4.69, 9.17) is 14.5 Å². The Labute approximate surface area is 282 Å². The van der Waals surface area contributed by atoms with Crippen molar-refractivity contribution in [2.75, 3.05) is 0 Å². The quantitative estimate of drug-likeness (QED) is 0.161.